The van der Waals surface area contributed by atoms with Crippen molar-refractivity contribution in [2.24, 2.45) is 0 Å². The molecule has 0 spiro atoms. The predicted octanol–water partition coefficient (Wildman–Crippen LogP) is 7.50. The molecule has 2 aromatic carbocycles. The second-order valence-corrected chi connectivity index (χ2v) is 7.71. The number of hydrogen-bond donors (Lipinski definition) is 2. The van der Waals surface area contributed by atoms with Crippen LogP contribution in [0, 0.1) is 12.7 Å². The van der Waals surface area contributed by atoms with E-state index >= 15 is 0 Å². The summed E-state index contributed by atoms with van der Waals surface area (Å²) in [6, 6.07) is 11.0. The van der Waals surface area contributed by atoms with Crippen molar-refractivity contribution in [2.75, 3.05) is 5.32 Å². The Hall–Kier alpha value is -2.88. The third-order valence-corrected chi connectivity index (χ3v) is 5.50. The van der Waals surface area contributed by atoms with Crippen molar-refractivity contribution in [2.45, 2.75) is 65.7 Å². The summed E-state index contributed by atoms with van der Waals surface area (Å²) < 4.78 is 14.2. The van der Waals surface area contributed by atoms with Gasteiger partial charge < -0.3 is 10.4 Å². The van der Waals surface area contributed by atoms with Crippen molar-refractivity contribution < 1.29 is 14.3 Å². The van der Waals surface area contributed by atoms with Gasteiger partial charge in [-0.1, -0.05) is 83.2 Å². The van der Waals surface area contributed by atoms with E-state index in [9.17, 15) is 14.3 Å². The molecule has 0 radical (unpaired) electrons. The normalized spacial score (nSPS) is 14.6. The number of fused-ring (bicyclic) bond motifs is 1. The van der Waals surface area contributed by atoms with Gasteiger partial charge in [-0.3, -0.25) is 0 Å². The maximum absolute atomic E-state index is 14.2. The van der Waals surface area contributed by atoms with Gasteiger partial charge in [0.25, 0.3) is 0 Å². The van der Waals surface area contributed by atoms with Crippen molar-refractivity contribution in [1.82, 2.24) is 0 Å². The van der Waals surface area contributed by atoms with Gasteiger partial charge >= 0.3 is 5.97 Å². The molecule has 0 amide bonds. The van der Waals surface area contributed by atoms with Crippen LogP contribution in [-0.2, 0) is 11.2 Å². The van der Waals surface area contributed by atoms with Crippen LogP contribution < -0.4 is 5.32 Å². The molecule has 166 valence electrons. The fourth-order valence-corrected chi connectivity index (χ4v) is 3.78. The first-order chi connectivity index (χ1) is 15.0. The van der Waals surface area contributed by atoms with E-state index in [0.717, 1.165) is 16.8 Å². The highest BCUT2D eigenvalue weighted by Crippen LogP contribution is 2.33. The number of hydrogen-bond acceptors (Lipinski definition) is 2. The smallest absolute Gasteiger partial charge is 0.337 e. The van der Waals surface area contributed by atoms with Gasteiger partial charge in [-0.25, -0.2) is 9.18 Å². The van der Waals surface area contributed by atoms with Gasteiger partial charge in [-0.15, -0.1) is 0 Å². The molecule has 4 heteroatoms. The topological polar surface area (TPSA) is 49.3 Å². The van der Waals surface area contributed by atoms with Crippen LogP contribution in [0.5, 0.6) is 0 Å². The molecule has 0 saturated heterocycles. The molecule has 3 nitrogen and oxygen atoms in total. The van der Waals surface area contributed by atoms with E-state index in [1.165, 1.54) is 44.7 Å². The summed E-state index contributed by atoms with van der Waals surface area (Å²) in [6.45, 7) is 9.61. The SMILES string of the molecule is C1CCCCC1.C=C1C(C(=O)O)=CNc2ccc(Cc3cccc(C)c3F)cc21.CC. The summed E-state index contributed by atoms with van der Waals surface area (Å²) >= 11 is 0. The van der Waals surface area contributed by atoms with Crippen LogP contribution in [0.4, 0.5) is 10.1 Å². The number of halogens is 1. The fourth-order valence-electron chi connectivity index (χ4n) is 3.78. The van der Waals surface area contributed by atoms with Crippen LogP contribution >= 0.6 is 0 Å². The average Bonchev–Trinajstić information content (AvgIpc) is 2.80. The number of aliphatic carboxylic acids is 1. The molecular formula is C27H34FNO2. The lowest BCUT2D eigenvalue weighted by atomic mass is 9.92. The van der Waals surface area contributed by atoms with Crippen LogP contribution in [0.15, 0.2) is 54.8 Å². The lowest BCUT2D eigenvalue weighted by molar-refractivity contribution is -0.132. The second kappa shape index (κ2) is 12.1. The zero-order valence-corrected chi connectivity index (χ0v) is 18.9. The van der Waals surface area contributed by atoms with E-state index in [4.69, 9.17) is 0 Å². The van der Waals surface area contributed by atoms with E-state index < -0.39 is 5.97 Å². The van der Waals surface area contributed by atoms with E-state index in [2.05, 4.69) is 11.9 Å². The van der Waals surface area contributed by atoms with Crippen LogP contribution in [0.2, 0.25) is 0 Å². The third kappa shape index (κ3) is 6.55. The number of aryl methyl sites for hydroxylation is 1. The van der Waals surface area contributed by atoms with Gasteiger partial charge in [0.2, 0.25) is 0 Å². The second-order valence-electron chi connectivity index (χ2n) is 7.71. The van der Waals surface area contributed by atoms with Crippen molar-refractivity contribution >= 4 is 17.2 Å². The largest absolute Gasteiger partial charge is 0.478 e. The highest BCUT2D eigenvalue weighted by atomic mass is 19.1. The molecule has 2 aromatic rings. The zero-order valence-electron chi connectivity index (χ0n) is 18.9. The van der Waals surface area contributed by atoms with Gasteiger partial charge in [-0.2, -0.15) is 0 Å². The van der Waals surface area contributed by atoms with Gasteiger partial charge in [0.15, 0.2) is 0 Å². The Morgan fingerprint density at radius 2 is 1.68 bits per heavy atom. The summed E-state index contributed by atoms with van der Waals surface area (Å²) in [5.41, 5.74) is 4.26. The molecule has 0 atom stereocenters. The highest BCUT2D eigenvalue weighted by molar-refractivity contribution is 6.08. The van der Waals surface area contributed by atoms with Crippen molar-refractivity contribution in [3.05, 3.63) is 82.8 Å². The first-order valence-electron chi connectivity index (χ1n) is 11.2. The van der Waals surface area contributed by atoms with Gasteiger partial charge in [0.05, 0.1) is 5.57 Å². The monoisotopic (exact) mass is 423 g/mol. The van der Waals surface area contributed by atoms with Crippen LogP contribution in [0.1, 0.15) is 74.6 Å². The molecule has 0 bridgehead atoms. The van der Waals surface area contributed by atoms with Crippen LogP contribution in [0.3, 0.4) is 0 Å². The average molecular weight is 424 g/mol. The molecule has 1 fully saturated rings. The Balaban J connectivity index is 0.000000363. The maximum Gasteiger partial charge on any atom is 0.337 e. The number of anilines is 1. The zero-order chi connectivity index (χ0) is 22.8. The number of carboxylic acids is 1. The standard InChI is InChI=1S/C19H16FNO2.C6H12.C2H6/c1-11-4-3-5-14(18(11)20)8-13-6-7-17-15(9-13)12(2)16(10-21-17)19(22)23;1-2-4-6-5-3-1;1-2/h3-7,9-10,21H,2,8H2,1H3,(H,22,23);1-6H2;1-2H3. The van der Waals surface area contributed by atoms with Crippen LogP contribution in [0.25, 0.3) is 5.57 Å². The summed E-state index contributed by atoms with van der Waals surface area (Å²) in [5.74, 6) is -1.23. The molecule has 0 aromatic heterocycles. The summed E-state index contributed by atoms with van der Waals surface area (Å²) in [4.78, 5) is 11.2. The van der Waals surface area contributed by atoms with Gasteiger partial charge in [-0.05, 0) is 41.3 Å². The van der Waals surface area contributed by atoms with Crippen molar-refractivity contribution in [3.8, 4) is 0 Å². The molecule has 4 rings (SSSR count). The van der Waals surface area contributed by atoms with E-state index in [0.29, 0.717) is 23.1 Å². The quantitative estimate of drug-likeness (QED) is 0.537. The Kier molecular flexibility index (Phi) is 9.51. The number of benzene rings is 2. The molecule has 2 N–H and O–H groups in total. The lowest BCUT2D eigenvalue weighted by Gasteiger charge is -2.19. The molecule has 1 saturated carbocycles. The minimum Gasteiger partial charge on any atom is -0.478 e. The summed E-state index contributed by atoms with van der Waals surface area (Å²) in [7, 11) is 0. The van der Waals surface area contributed by atoms with E-state index in [1.807, 2.05) is 38.1 Å². The minimum atomic E-state index is -1.02. The maximum atomic E-state index is 14.2. The Morgan fingerprint density at radius 1 is 1.06 bits per heavy atom. The number of nitrogens with one attached hydrogen (secondary N) is 1. The molecule has 31 heavy (non-hydrogen) atoms. The third-order valence-electron chi connectivity index (χ3n) is 5.50. The Bertz CT molecular complexity index is 931. The molecule has 2 aliphatic rings. The number of carbonyl (C=O) groups is 1. The van der Waals surface area contributed by atoms with E-state index in [1.54, 1.807) is 19.1 Å². The minimum absolute atomic E-state index is 0.136. The van der Waals surface area contributed by atoms with Gasteiger partial charge in [0, 0.05) is 23.9 Å². The first-order valence-corrected chi connectivity index (χ1v) is 11.2. The van der Waals surface area contributed by atoms with Crippen LogP contribution in [-0.4, -0.2) is 11.1 Å². The number of rotatable bonds is 3. The summed E-state index contributed by atoms with van der Waals surface area (Å²) in [6.07, 6.45) is 10.9. The predicted molar refractivity (Wildman–Crippen MR) is 128 cm³/mol. The van der Waals surface area contributed by atoms with E-state index in [-0.39, 0.29) is 11.4 Å². The first kappa shape index (κ1) is 24.4. The Morgan fingerprint density at radius 3 is 2.26 bits per heavy atom. The molecule has 1 aliphatic carbocycles. The lowest BCUT2D eigenvalue weighted by Crippen LogP contribution is -2.11. The van der Waals surface area contributed by atoms with Crippen molar-refractivity contribution in [3.63, 3.8) is 0 Å². The highest BCUT2D eigenvalue weighted by Gasteiger charge is 2.20. The fraction of sp³-hybridized carbons (Fsp3) is 0.370. The molecule has 1 aliphatic heterocycles. The molecular weight excluding hydrogens is 389 g/mol. The number of carboxylic acid groups (broad SMARTS) is 1. The summed E-state index contributed by atoms with van der Waals surface area (Å²) in [5, 5.41) is 12.1. The Labute approximate surface area is 185 Å². The molecule has 1 heterocycles. The molecule has 0 unspecified atom stereocenters. The van der Waals surface area contributed by atoms with Gasteiger partial charge in [0.1, 0.15) is 5.82 Å². The van der Waals surface area contributed by atoms with Crippen molar-refractivity contribution in [1.29, 1.82) is 0 Å².